The highest BCUT2D eigenvalue weighted by molar-refractivity contribution is 5.98. The molecular formula is C15H14FNO2. The predicted octanol–water partition coefficient (Wildman–Crippen LogP) is 3.49. The van der Waals surface area contributed by atoms with E-state index in [1.54, 1.807) is 24.4 Å². The van der Waals surface area contributed by atoms with Crippen LogP contribution in [-0.2, 0) is 0 Å². The fourth-order valence-corrected chi connectivity index (χ4v) is 1.84. The minimum atomic E-state index is -0.407. The van der Waals surface area contributed by atoms with Gasteiger partial charge in [0.2, 0.25) is 0 Å². The number of hydrogen-bond donors (Lipinski definition) is 0. The van der Waals surface area contributed by atoms with Gasteiger partial charge in [-0.15, -0.1) is 0 Å². The van der Waals surface area contributed by atoms with E-state index in [4.69, 9.17) is 4.74 Å². The van der Waals surface area contributed by atoms with Crippen molar-refractivity contribution in [3.05, 3.63) is 48.0 Å². The molecule has 0 N–H and O–H groups in total. The Morgan fingerprint density at radius 2 is 2.05 bits per heavy atom. The van der Waals surface area contributed by atoms with Crippen LogP contribution in [0.5, 0.6) is 5.75 Å². The standard InChI is InChI=1S/C15H14FNO2/c1-3-19-15-5-4-11(7-14(15)10(2)18)12-6-13(16)9-17-8-12/h4-9H,3H2,1-2H3. The molecule has 2 aromatic rings. The Bertz CT molecular complexity index is 611. The van der Waals surface area contributed by atoms with E-state index in [1.807, 2.05) is 6.92 Å². The molecule has 0 atom stereocenters. The van der Waals surface area contributed by atoms with E-state index in [1.165, 1.54) is 13.0 Å². The van der Waals surface area contributed by atoms with Crippen LogP contribution in [0.4, 0.5) is 4.39 Å². The molecule has 19 heavy (non-hydrogen) atoms. The van der Waals surface area contributed by atoms with E-state index >= 15 is 0 Å². The van der Waals surface area contributed by atoms with Crippen LogP contribution in [0.3, 0.4) is 0 Å². The number of pyridine rings is 1. The van der Waals surface area contributed by atoms with Crippen molar-refractivity contribution in [2.45, 2.75) is 13.8 Å². The van der Waals surface area contributed by atoms with Crippen molar-refractivity contribution < 1.29 is 13.9 Å². The van der Waals surface area contributed by atoms with Crippen LogP contribution >= 0.6 is 0 Å². The molecule has 0 unspecified atom stereocenters. The number of nitrogens with zero attached hydrogens (tertiary/aromatic N) is 1. The van der Waals surface area contributed by atoms with Crippen LogP contribution in [0.1, 0.15) is 24.2 Å². The van der Waals surface area contributed by atoms with Crippen molar-refractivity contribution in [3.63, 3.8) is 0 Å². The minimum Gasteiger partial charge on any atom is -0.493 e. The van der Waals surface area contributed by atoms with E-state index in [0.717, 1.165) is 11.8 Å². The Balaban J connectivity index is 2.49. The second kappa shape index (κ2) is 5.61. The van der Waals surface area contributed by atoms with Gasteiger partial charge in [-0.1, -0.05) is 6.07 Å². The number of halogens is 1. The molecule has 4 heteroatoms. The number of aromatic nitrogens is 1. The number of Topliss-reactive ketones (excluding diaryl/α,β-unsaturated/α-hetero) is 1. The molecule has 0 aliphatic rings. The fraction of sp³-hybridized carbons (Fsp3) is 0.200. The molecule has 2 rings (SSSR count). The number of carbonyl (C=O) groups excluding carboxylic acids is 1. The van der Waals surface area contributed by atoms with Crippen LogP contribution in [-0.4, -0.2) is 17.4 Å². The lowest BCUT2D eigenvalue weighted by atomic mass is 10.0. The Labute approximate surface area is 111 Å². The summed E-state index contributed by atoms with van der Waals surface area (Å²) in [6, 6.07) is 6.59. The summed E-state index contributed by atoms with van der Waals surface area (Å²) in [6.45, 7) is 3.82. The number of ether oxygens (including phenoxy) is 1. The number of rotatable bonds is 4. The van der Waals surface area contributed by atoms with Crippen molar-refractivity contribution in [1.82, 2.24) is 4.98 Å². The van der Waals surface area contributed by atoms with Crippen LogP contribution in [0.15, 0.2) is 36.7 Å². The molecule has 0 aliphatic carbocycles. The van der Waals surface area contributed by atoms with Gasteiger partial charge in [0.05, 0.1) is 18.4 Å². The van der Waals surface area contributed by atoms with Crippen LogP contribution < -0.4 is 4.74 Å². The highest BCUT2D eigenvalue weighted by Gasteiger charge is 2.10. The van der Waals surface area contributed by atoms with E-state index in [2.05, 4.69) is 4.98 Å². The van der Waals surface area contributed by atoms with Crippen molar-refractivity contribution in [2.75, 3.05) is 6.61 Å². The summed E-state index contributed by atoms with van der Waals surface area (Å²) < 4.78 is 18.6. The summed E-state index contributed by atoms with van der Waals surface area (Å²) in [5.74, 6) is 0.0496. The summed E-state index contributed by atoms with van der Waals surface area (Å²) in [5.41, 5.74) is 1.86. The minimum absolute atomic E-state index is 0.0883. The fourth-order valence-electron chi connectivity index (χ4n) is 1.84. The SMILES string of the molecule is CCOc1ccc(-c2cncc(F)c2)cc1C(C)=O. The van der Waals surface area contributed by atoms with Gasteiger partial charge in [-0.2, -0.15) is 0 Å². The molecule has 0 bridgehead atoms. The lowest BCUT2D eigenvalue weighted by molar-refractivity contribution is 0.101. The summed E-state index contributed by atoms with van der Waals surface area (Å²) >= 11 is 0. The summed E-state index contributed by atoms with van der Waals surface area (Å²) in [6.07, 6.45) is 2.70. The smallest absolute Gasteiger partial charge is 0.163 e. The van der Waals surface area contributed by atoms with Gasteiger partial charge in [0.15, 0.2) is 5.78 Å². The van der Waals surface area contributed by atoms with Gasteiger partial charge in [-0.3, -0.25) is 9.78 Å². The third-order valence-corrected chi connectivity index (χ3v) is 2.70. The normalized spacial score (nSPS) is 10.3. The first kappa shape index (κ1) is 13.2. The average molecular weight is 259 g/mol. The van der Waals surface area contributed by atoms with E-state index < -0.39 is 5.82 Å². The maximum Gasteiger partial charge on any atom is 0.163 e. The zero-order valence-electron chi connectivity index (χ0n) is 10.8. The van der Waals surface area contributed by atoms with Gasteiger partial charge in [-0.25, -0.2) is 4.39 Å². The highest BCUT2D eigenvalue weighted by atomic mass is 19.1. The number of carbonyl (C=O) groups is 1. The predicted molar refractivity (Wildman–Crippen MR) is 70.8 cm³/mol. The molecular weight excluding hydrogens is 245 g/mol. The number of hydrogen-bond acceptors (Lipinski definition) is 3. The molecule has 3 nitrogen and oxygen atoms in total. The van der Waals surface area contributed by atoms with E-state index in [9.17, 15) is 9.18 Å². The molecule has 0 aliphatic heterocycles. The molecule has 0 fully saturated rings. The van der Waals surface area contributed by atoms with Crippen molar-refractivity contribution in [1.29, 1.82) is 0 Å². The lowest BCUT2D eigenvalue weighted by Gasteiger charge is -2.10. The van der Waals surface area contributed by atoms with Gasteiger partial charge in [-0.05, 0) is 37.6 Å². The Hall–Kier alpha value is -2.23. The maximum absolute atomic E-state index is 13.2. The molecule has 1 aromatic heterocycles. The zero-order chi connectivity index (χ0) is 13.8. The molecule has 0 radical (unpaired) electrons. The average Bonchev–Trinajstić information content (AvgIpc) is 2.39. The first-order valence-electron chi connectivity index (χ1n) is 6.00. The summed E-state index contributed by atoms with van der Waals surface area (Å²) in [4.78, 5) is 15.4. The van der Waals surface area contributed by atoms with Gasteiger partial charge in [0, 0.05) is 11.8 Å². The van der Waals surface area contributed by atoms with Gasteiger partial charge in [0.25, 0.3) is 0 Å². The topological polar surface area (TPSA) is 39.2 Å². The Morgan fingerprint density at radius 1 is 1.26 bits per heavy atom. The van der Waals surface area contributed by atoms with Crippen LogP contribution in [0.25, 0.3) is 11.1 Å². The lowest BCUT2D eigenvalue weighted by Crippen LogP contribution is -2.01. The van der Waals surface area contributed by atoms with Crippen molar-refractivity contribution >= 4 is 5.78 Å². The number of ketones is 1. The van der Waals surface area contributed by atoms with Gasteiger partial charge >= 0.3 is 0 Å². The molecule has 98 valence electrons. The number of benzene rings is 1. The third-order valence-electron chi connectivity index (χ3n) is 2.70. The molecule has 0 spiro atoms. The molecule has 0 amide bonds. The van der Waals surface area contributed by atoms with Gasteiger partial charge < -0.3 is 4.74 Å². The molecule has 0 saturated carbocycles. The highest BCUT2D eigenvalue weighted by Crippen LogP contribution is 2.27. The van der Waals surface area contributed by atoms with Crippen molar-refractivity contribution in [2.24, 2.45) is 0 Å². The summed E-state index contributed by atoms with van der Waals surface area (Å²) in [5, 5.41) is 0. The van der Waals surface area contributed by atoms with Crippen molar-refractivity contribution in [3.8, 4) is 16.9 Å². The van der Waals surface area contributed by atoms with Crippen LogP contribution in [0.2, 0.25) is 0 Å². The third kappa shape index (κ3) is 2.96. The largest absolute Gasteiger partial charge is 0.493 e. The second-order valence-electron chi connectivity index (χ2n) is 4.09. The Kier molecular flexibility index (Phi) is 3.90. The monoisotopic (exact) mass is 259 g/mol. The maximum atomic E-state index is 13.2. The van der Waals surface area contributed by atoms with E-state index in [0.29, 0.717) is 23.5 Å². The zero-order valence-corrected chi connectivity index (χ0v) is 10.8. The summed E-state index contributed by atoms with van der Waals surface area (Å²) in [7, 11) is 0. The quantitative estimate of drug-likeness (QED) is 0.789. The first-order chi connectivity index (χ1) is 9.11. The first-order valence-corrected chi connectivity index (χ1v) is 6.00. The van der Waals surface area contributed by atoms with Crippen LogP contribution in [0, 0.1) is 5.82 Å². The Morgan fingerprint density at radius 3 is 2.68 bits per heavy atom. The molecule has 1 heterocycles. The van der Waals surface area contributed by atoms with Gasteiger partial charge in [0.1, 0.15) is 11.6 Å². The molecule has 0 saturated heterocycles. The molecule has 1 aromatic carbocycles. The second-order valence-corrected chi connectivity index (χ2v) is 4.09. The van der Waals surface area contributed by atoms with E-state index in [-0.39, 0.29) is 5.78 Å².